The molecule has 1 aromatic heterocycles. The van der Waals surface area contributed by atoms with Crippen LogP contribution in [0.1, 0.15) is 34.6 Å². The number of pyridine rings is 1. The van der Waals surface area contributed by atoms with Gasteiger partial charge in [-0.05, 0) is 41.1 Å². The Morgan fingerprint density at radius 2 is 1.80 bits per heavy atom. The van der Waals surface area contributed by atoms with Crippen molar-refractivity contribution in [2.24, 2.45) is 0 Å². The second-order valence-corrected chi connectivity index (χ2v) is 6.57. The lowest BCUT2D eigenvalue weighted by atomic mass is 10.1. The van der Waals surface area contributed by atoms with Crippen LogP contribution in [0.3, 0.4) is 0 Å². The smallest absolute Gasteiger partial charge is 0.406 e. The number of ether oxygens (including phenoxy) is 1. The number of nitrogens with one attached hydrogen (secondary N) is 1. The minimum Gasteiger partial charge on any atom is -0.467 e. The molecule has 1 N–H and O–H groups in total. The van der Waals surface area contributed by atoms with Gasteiger partial charge in [0.25, 0.3) is 5.91 Å². The molecule has 1 atom stereocenters. The SMILES string of the molecule is CC(=O)c1cccc(NC(=O)[C@H](Oc2ccc(C)nc2[N+](=O)[O-])c2ccccc2)c1. The molecule has 0 fully saturated rings. The Bertz CT molecular complexity index is 1100. The highest BCUT2D eigenvalue weighted by Gasteiger charge is 2.27. The summed E-state index contributed by atoms with van der Waals surface area (Å²) < 4.78 is 5.78. The van der Waals surface area contributed by atoms with Crippen molar-refractivity contribution in [1.29, 1.82) is 0 Å². The van der Waals surface area contributed by atoms with Gasteiger partial charge in [0.2, 0.25) is 11.9 Å². The predicted octanol–water partition coefficient (Wildman–Crippen LogP) is 4.26. The van der Waals surface area contributed by atoms with Gasteiger partial charge < -0.3 is 20.2 Å². The van der Waals surface area contributed by atoms with Crippen molar-refractivity contribution in [3.63, 3.8) is 0 Å². The van der Waals surface area contributed by atoms with Gasteiger partial charge in [-0.15, -0.1) is 0 Å². The van der Waals surface area contributed by atoms with Crippen LogP contribution in [-0.2, 0) is 4.79 Å². The Morgan fingerprint density at radius 3 is 2.47 bits per heavy atom. The van der Waals surface area contributed by atoms with Gasteiger partial charge in [-0.25, -0.2) is 0 Å². The summed E-state index contributed by atoms with van der Waals surface area (Å²) in [6, 6.07) is 18.1. The van der Waals surface area contributed by atoms with Crippen molar-refractivity contribution in [3.8, 4) is 5.75 Å². The fraction of sp³-hybridized carbons (Fsp3) is 0.136. The second kappa shape index (κ2) is 8.95. The second-order valence-electron chi connectivity index (χ2n) is 6.57. The zero-order valence-electron chi connectivity index (χ0n) is 16.4. The van der Waals surface area contributed by atoms with Crippen LogP contribution in [0.4, 0.5) is 11.5 Å². The van der Waals surface area contributed by atoms with Gasteiger partial charge in [0.15, 0.2) is 5.78 Å². The number of ketones is 1. The van der Waals surface area contributed by atoms with Crippen molar-refractivity contribution in [2.45, 2.75) is 20.0 Å². The molecule has 0 aliphatic rings. The Labute approximate surface area is 172 Å². The summed E-state index contributed by atoms with van der Waals surface area (Å²) in [5, 5.41) is 14.1. The number of anilines is 1. The maximum atomic E-state index is 13.0. The van der Waals surface area contributed by atoms with Crippen molar-refractivity contribution < 1.29 is 19.2 Å². The van der Waals surface area contributed by atoms with Crippen LogP contribution < -0.4 is 10.1 Å². The fourth-order valence-electron chi connectivity index (χ4n) is 2.80. The first-order valence-electron chi connectivity index (χ1n) is 9.10. The largest absolute Gasteiger partial charge is 0.467 e. The molecule has 0 spiro atoms. The number of Topliss-reactive ketones (excluding diaryl/α,β-unsaturated/α-hetero) is 1. The molecule has 1 amide bonds. The van der Waals surface area contributed by atoms with E-state index < -0.39 is 22.8 Å². The Morgan fingerprint density at radius 1 is 1.07 bits per heavy atom. The zero-order chi connectivity index (χ0) is 21.7. The lowest BCUT2D eigenvalue weighted by molar-refractivity contribution is -0.390. The van der Waals surface area contributed by atoms with E-state index in [1.165, 1.54) is 13.0 Å². The molecule has 3 rings (SSSR count). The van der Waals surface area contributed by atoms with E-state index in [1.54, 1.807) is 67.6 Å². The van der Waals surface area contributed by atoms with Gasteiger partial charge in [-0.2, -0.15) is 0 Å². The standard InChI is InChI=1S/C22H19N3O5/c1-14-11-12-19(21(23-14)25(28)29)30-20(16-7-4-3-5-8-16)22(27)24-18-10-6-9-17(13-18)15(2)26/h3-13,20H,1-2H3,(H,24,27)/t20-/m1/s1. The Balaban J connectivity index is 1.94. The van der Waals surface area contributed by atoms with Crippen molar-refractivity contribution in [2.75, 3.05) is 5.32 Å². The van der Waals surface area contributed by atoms with Gasteiger partial charge in [0.05, 0.1) is 0 Å². The Kier molecular flexibility index (Phi) is 6.17. The maximum absolute atomic E-state index is 13.0. The van der Waals surface area contributed by atoms with Crippen molar-refractivity contribution in [3.05, 3.63) is 93.7 Å². The van der Waals surface area contributed by atoms with Crippen LogP contribution in [0.2, 0.25) is 0 Å². The molecular weight excluding hydrogens is 386 g/mol. The third-order valence-electron chi connectivity index (χ3n) is 4.27. The number of amides is 1. The first kappa shape index (κ1) is 20.7. The predicted molar refractivity (Wildman–Crippen MR) is 111 cm³/mol. The molecule has 30 heavy (non-hydrogen) atoms. The minimum atomic E-state index is -1.17. The van der Waals surface area contributed by atoms with Crippen LogP contribution >= 0.6 is 0 Å². The summed E-state index contributed by atoms with van der Waals surface area (Å²) in [5.74, 6) is -1.27. The molecule has 0 aliphatic heterocycles. The van der Waals surface area contributed by atoms with Crippen LogP contribution in [0.15, 0.2) is 66.7 Å². The van der Waals surface area contributed by atoms with E-state index >= 15 is 0 Å². The molecule has 8 heteroatoms. The third-order valence-corrected chi connectivity index (χ3v) is 4.27. The van der Waals surface area contributed by atoms with Gasteiger partial charge in [0.1, 0.15) is 5.69 Å². The number of benzene rings is 2. The summed E-state index contributed by atoms with van der Waals surface area (Å²) in [6.07, 6.45) is -1.17. The van der Waals surface area contributed by atoms with E-state index in [9.17, 15) is 19.7 Å². The van der Waals surface area contributed by atoms with E-state index in [4.69, 9.17) is 4.74 Å². The fourth-order valence-corrected chi connectivity index (χ4v) is 2.80. The molecule has 0 bridgehead atoms. The molecule has 2 aromatic carbocycles. The lowest BCUT2D eigenvalue weighted by Gasteiger charge is -2.19. The molecule has 0 radical (unpaired) electrons. The van der Waals surface area contributed by atoms with Crippen LogP contribution in [0.5, 0.6) is 5.75 Å². The van der Waals surface area contributed by atoms with Gasteiger partial charge >= 0.3 is 5.82 Å². The number of aromatic nitrogens is 1. The van der Waals surface area contributed by atoms with E-state index in [0.717, 1.165) is 0 Å². The molecule has 8 nitrogen and oxygen atoms in total. The highest BCUT2D eigenvalue weighted by Crippen LogP contribution is 2.30. The molecule has 1 heterocycles. The summed E-state index contributed by atoms with van der Waals surface area (Å²) in [4.78, 5) is 39.3. The normalized spacial score (nSPS) is 11.4. The van der Waals surface area contributed by atoms with Crippen LogP contribution in [-0.4, -0.2) is 21.6 Å². The molecular formula is C22H19N3O5. The summed E-state index contributed by atoms with van der Waals surface area (Å²) >= 11 is 0. The molecule has 0 unspecified atom stereocenters. The molecule has 0 saturated carbocycles. The van der Waals surface area contributed by atoms with Crippen LogP contribution in [0.25, 0.3) is 0 Å². The number of rotatable bonds is 7. The number of nitro groups is 1. The quantitative estimate of drug-likeness (QED) is 0.357. The molecule has 0 saturated heterocycles. The summed E-state index contributed by atoms with van der Waals surface area (Å²) in [5.41, 5.74) is 1.82. The van der Waals surface area contributed by atoms with E-state index in [0.29, 0.717) is 22.5 Å². The highest BCUT2D eigenvalue weighted by atomic mass is 16.6. The third kappa shape index (κ3) is 4.85. The number of carbonyl (C=O) groups is 2. The number of carbonyl (C=O) groups excluding carboxylic acids is 2. The number of hydrogen-bond donors (Lipinski definition) is 1. The maximum Gasteiger partial charge on any atom is 0.406 e. The highest BCUT2D eigenvalue weighted by molar-refractivity contribution is 5.98. The number of aryl methyl sites for hydroxylation is 1. The molecule has 152 valence electrons. The van der Waals surface area contributed by atoms with Gasteiger partial charge in [-0.1, -0.05) is 42.5 Å². The average molecular weight is 405 g/mol. The monoisotopic (exact) mass is 405 g/mol. The minimum absolute atomic E-state index is 0.118. The lowest BCUT2D eigenvalue weighted by Crippen LogP contribution is -2.26. The van der Waals surface area contributed by atoms with Crippen molar-refractivity contribution >= 4 is 23.2 Å². The number of hydrogen-bond acceptors (Lipinski definition) is 6. The van der Waals surface area contributed by atoms with E-state index in [-0.39, 0.29) is 11.5 Å². The molecule has 0 aliphatic carbocycles. The average Bonchev–Trinajstić information content (AvgIpc) is 2.73. The summed E-state index contributed by atoms with van der Waals surface area (Å²) in [6.45, 7) is 3.06. The summed E-state index contributed by atoms with van der Waals surface area (Å²) in [7, 11) is 0. The van der Waals surface area contributed by atoms with Crippen LogP contribution in [0, 0.1) is 17.0 Å². The zero-order valence-corrected chi connectivity index (χ0v) is 16.4. The molecule has 3 aromatic rings. The van der Waals surface area contributed by atoms with Gasteiger partial charge in [0, 0.05) is 23.7 Å². The first-order chi connectivity index (χ1) is 14.3. The van der Waals surface area contributed by atoms with E-state index in [1.807, 2.05) is 0 Å². The van der Waals surface area contributed by atoms with Gasteiger partial charge in [-0.3, -0.25) is 9.59 Å². The van der Waals surface area contributed by atoms with E-state index in [2.05, 4.69) is 10.3 Å². The first-order valence-corrected chi connectivity index (χ1v) is 9.10. The van der Waals surface area contributed by atoms with Crippen molar-refractivity contribution in [1.82, 2.24) is 4.98 Å². The Hall–Kier alpha value is -4.07. The number of nitrogens with zero attached hydrogens (tertiary/aromatic N) is 2. The topological polar surface area (TPSA) is 111 Å².